The fourth-order valence-electron chi connectivity index (χ4n) is 2.57. The largest absolute Gasteiger partial charge is 0.374 e. The van der Waals surface area contributed by atoms with E-state index in [1.807, 2.05) is 24.3 Å². The Labute approximate surface area is 156 Å². The second-order valence-corrected chi connectivity index (χ2v) is 6.52. The summed E-state index contributed by atoms with van der Waals surface area (Å²) in [5.74, 6) is 0.606. The monoisotopic (exact) mass is 368 g/mol. The second kappa shape index (κ2) is 7.99. The van der Waals surface area contributed by atoms with E-state index in [-0.39, 0.29) is 18.1 Å². The molecule has 0 spiro atoms. The van der Waals surface area contributed by atoms with Gasteiger partial charge in [-0.05, 0) is 29.7 Å². The third-order valence-electron chi connectivity index (χ3n) is 4.02. The van der Waals surface area contributed by atoms with Crippen LogP contribution in [0, 0.1) is 5.82 Å². The van der Waals surface area contributed by atoms with Gasteiger partial charge in [0.2, 0.25) is 17.6 Å². The topological polar surface area (TPSA) is 80.0 Å². The predicted molar refractivity (Wildman–Crippen MR) is 102 cm³/mol. The van der Waals surface area contributed by atoms with E-state index in [9.17, 15) is 9.18 Å². The first-order valence-corrected chi connectivity index (χ1v) is 8.66. The zero-order valence-electron chi connectivity index (χ0n) is 15.4. The van der Waals surface area contributed by atoms with Crippen LogP contribution in [0.2, 0.25) is 0 Å². The van der Waals surface area contributed by atoms with Gasteiger partial charge < -0.3 is 15.2 Å². The fourth-order valence-corrected chi connectivity index (χ4v) is 2.57. The highest BCUT2D eigenvalue weighted by Gasteiger charge is 2.11. The molecule has 0 saturated heterocycles. The van der Waals surface area contributed by atoms with Crippen molar-refractivity contribution in [2.75, 3.05) is 10.6 Å². The molecule has 0 radical (unpaired) electrons. The number of hydrogen-bond acceptors (Lipinski definition) is 5. The molecule has 2 N–H and O–H groups in total. The molecule has 0 unspecified atom stereocenters. The zero-order valence-corrected chi connectivity index (χ0v) is 15.4. The van der Waals surface area contributed by atoms with E-state index >= 15 is 0 Å². The summed E-state index contributed by atoms with van der Waals surface area (Å²) in [5.41, 5.74) is 2.83. The van der Waals surface area contributed by atoms with Gasteiger partial charge in [0.05, 0.1) is 12.2 Å². The minimum Gasteiger partial charge on any atom is -0.374 e. The molecule has 3 rings (SSSR count). The van der Waals surface area contributed by atoms with Gasteiger partial charge in [-0.1, -0.05) is 43.3 Å². The molecule has 0 aliphatic carbocycles. The Bertz CT molecular complexity index is 935. The van der Waals surface area contributed by atoms with Crippen LogP contribution in [0.15, 0.2) is 47.0 Å². The Balaban J connectivity index is 1.68. The van der Waals surface area contributed by atoms with Crippen molar-refractivity contribution in [2.45, 2.75) is 33.2 Å². The summed E-state index contributed by atoms with van der Waals surface area (Å²) in [5, 5.41) is 9.50. The lowest BCUT2D eigenvalue weighted by molar-refractivity contribution is -0.114. The normalized spacial score (nSPS) is 10.9. The molecule has 1 aromatic heterocycles. The summed E-state index contributed by atoms with van der Waals surface area (Å²) >= 11 is 0. The zero-order chi connectivity index (χ0) is 19.4. The summed E-state index contributed by atoms with van der Waals surface area (Å²) in [6, 6.07) is 12.3. The number of amides is 1. The average Bonchev–Trinajstić information content (AvgIpc) is 3.11. The van der Waals surface area contributed by atoms with Gasteiger partial charge in [0.1, 0.15) is 5.82 Å². The lowest BCUT2D eigenvalue weighted by Gasteiger charge is -2.08. The molecule has 0 aliphatic heterocycles. The molecule has 140 valence electrons. The van der Waals surface area contributed by atoms with Crippen molar-refractivity contribution in [2.24, 2.45) is 0 Å². The molecule has 1 amide bonds. The molecule has 27 heavy (non-hydrogen) atoms. The molecule has 2 aromatic carbocycles. The summed E-state index contributed by atoms with van der Waals surface area (Å²) in [4.78, 5) is 15.5. The maximum Gasteiger partial charge on any atom is 0.246 e. The summed E-state index contributed by atoms with van der Waals surface area (Å²) in [7, 11) is 0. The highest BCUT2D eigenvalue weighted by molar-refractivity contribution is 5.89. The number of carbonyl (C=O) groups excluding carboxylic acids is 1. The van der Waals surface area contributed by atoms with Crippen LogP contribution < -0.4 is 10.6 Å². The number of nitrogens with one attached hydrogen (secondary N) is 2. The Morgan fingerprint density at radius 1 is 1.19 bits per heavy atom. The van der Waals surface area contributed by atoms with E-state index < -0.39 is 5.82 Å². The Morgan fingerprint density at radius 3 is 2.59 bits per heavy atom. The van der Waals surface area contributed by atoms with Crippen molar-refractivity contribution < 1.29 is 13.7 Å². The lowest BCUT2D eigenvalue weighted by Crippen LogP contribution is -2.07. The third-order valence-corrected chi connectivity index (χ3v) is 4.02. The van der Waals surface area contributed by atoms with Crippen molar-refractivity contribution in [3.63, 3.8) is 0 Å². The molecule has 6 nitrogen and oxygen atoms in total. The van der Waals surface area contributed by atoms with Crippen LogP contribution in [0.1, 0.15) is 38.1 Å². The fraction of sp³-hybridized carbons (Fsp3) is 0.250. The van der Waals surface area contributed by atoms with Gasteiger partial charge in [0.15, 0.2) is 0 Å². The van der Waals surface area contributed by atoms with Crippen LogP contribution in [0.3, 0.4) is 0 Å². The van der Waals surface area contributed by atoms with Crippen LogP contribution in [-0.2, 0) is 11.3 Å². The molecule has 0 fully saturated rings. The first-order chi connectivity index (χ1) is 12.9. The van der Waals surface area contributed by atoms with E-state index in [0.29, 0.717) is 23.3 Å². The van der Waals surface area contributed by atoms with Gasteiger partial charge in [0, 0.05) is 18.2 Å². The van der Waals surface area contributed by atoms with Crippen LogP contribution >= 0.6 is 0 Å². The van der Waals surface area contributed by atoms with Crippen LogP contribution in [0.4, 0.5) is 15.8 Å². The van der Waals surface area contributed by atoms with E-state index in [1.165, 1.54) is 30.7 Å². The smallest absolute Gasteiger partial charge is 0.246 e. The molecule has 7 heteroatoms. The van der Waals surface area contributed by atoms with Gasteiger partial charge in [-0.2, -0.15) is 4.98 Å². The minimum absolute atomic E-state index is 0.164. The van der Waals surface area contributed by atoms with E-state index in [4.69, 9.17) is 4.52 Å². The number of aromatic nitrogens is 2. The van der Waals surface area contributed by atoms with Crippen molar-refractivity contribution in [1.82, 2.24) is 10.1 Å². The minimum atomic E-state index is -0.437. The summed E-state index contributed by atoms with van der Waals surface area (Å²) in [6.45, 7) is 5.82. The van der Waals surface area contributed by atoms with E-state index in [0.717, 1.165) is 5.56 Å². The number of carbonyl (C=O) groups is 1. The quantitative estimate of drug-likeness (QED) is 0.666. The van der Waals surface area contributed by atoms with Gasteiger partial charge in [0.25, 0.3) is 0 Å². The molecule has 1 heterocycles. The standard InChI is InChI=1S/C20H21FN4O2/c1-12(2)14-4-6-15(7-5-14)20-24-19(27-25-20)11-22-18-10-16(23-13(3)26)8-9-17(18)21/h4-10,12,22H,11H2,1-3H3,(H,23,26). The van der Waals surface area contributed by atoms with Crippen molar-refractivity contribution in [1.29, 1.82) is 0 Å². The first kappa shape index (κ1) is 18.6. The Kier molecular flexibility index (Phi) is 5.49. The molecule has 0 atom stereocenters. The van der Waals surface area contributed by atoms with E-state index in [2.05, 4.69) is 34.6 Å². The highest BCUT2D eigenvalue weighted by atomic mass is 19.1. The SMILES string of the molecule is CC(=O)Nc1ccc(F)c(NCc2nc(-c3ccc(C(C)C)cc3)no2)c1. The van der Waals surface area contributed by atoms with Crippen LogP contribution in [0.5, 0.6) is 0 Å². The van der Waals surface area contributed by atoms with Crippen molar-refractivity contribution >= 4 is 17.3 Å². The van der Waals surface area contributed by atoms with E-state index in [1.54, 1.807) is 0 Å². The maximum absolute atomic E-state index is 13.9. The molecular weight excluding hydrogens is 347 g/mol. The Hall–Kier alpha value is -3.22. The van der Waals surface area contributed by atoms with Crippen LogP contribution in [-0.4, -0.2) is 16.0 Å². The van der Waals surface area contributed by atoms with Crippen LogP contribution in [0.25, 0.3) is 11.4 Å². The number of hydrogen-bond donors (Lipinski definition) is 2. The molecule has 3 aromatic rings. The van der Waals surface area contributed by atoms with Gasteiger partial charge in [-0.15, -0.1) is 0 Å². The molecular formula is C20H21FN4O2. The maximum atomic E-state index is 13.9. The second-order valence-electron chi connectivity index (χ2n) is 6.52. The van der Waals surface area contributed by atoms with Crippen molar-refractivity contribution in [3.05, 3.63) is 59.7 Å². The molecule has 0 aliphatic rings. The molecule has 0 bridgehead atoms. The number of halogens is 1. The van der Waals surface area contributed by atoms with Gasteiger partial charge in [-0.25, -0.2) is 4.39 Å². The number of benzene rings is 2. The third kappa shape index (κ3) is 4.69. The summed E-state index contributed by atoms with van der Waals surface area (Å²) in [6.07, 6.45) is 0. The van der Waals surface area contributed by atoms with Gasteiger partial charge in [-0.3, -0.25) is 4.79 Å². The summed E-state index contributed by atoms with van der Waals surface area (Å²) < 4.78 is 19.2. The van der Waals surface area contributed by atoms with Gasteiger partial charge >= 0.3 is 0 Å². The number of nitrogens with zero attached hydrogens (tertiary/aromatic N) is 2. The Morgan fingerprint density at radius 2 is 1.93 bits per heavy atom. The van der Waals surface area contributed by atoms with Crippen molar-refractivity contribution in [3.8, 4) is 11.4 Å². The highest BCUT2D eigenvalue weighted by Crippen LogP contribution is 2.22. The predicted octanol–water partition coefficient (Wildman–Crippen LogP) is 4.57. The molecule has 0 saturated carbocycles. The average molecular weight is 368 g/mol. The number of rotatable bonds is 6. The first-order valence-electron chi connectivity index (χ1n) is 8.66. The lowest BCUT2D eigenvalue weighted by atomic mass is 10.0. The number of anilines is 2.